The van der Waals surface area contributed by atoms with Crippen LogP contribution in [0.15, 0.2) is 28.4 Å². The van der Waals surface area contributed by atoms with Gasteiger partial charge in [-0.3, -0.25) is 4.79 Å². The number of hydrogen-bond acceptors (Lipinski definition) is 5. The van der Waals surface area contributed by atoms with Crippen molar-refractivity contribution >= 4 is 29.0 Å². The van der Waals surface area contributed by atoms with E-state index in [1.54, 1.807) is 28.4 Å². The first-order chi connectivity index (χ1) is 10.7. The van der Waals surface area contributed by atoms with E-state index >= 15 is 0 Å². The van der Waals surface area contributed by atoms with Crippen molar-refractivity contribution in [2.45, 2.75) is 54.8 Å². The van der Waals surface area contributed by atoms with Gasteiger partial charge < -0.3 is 9.88 Å². The number of imidazole rings is 1. The Morgan fingerprint density at radius 3 is 2.91 bits per heavy atom. The molecule has 0 spiro atoms. The molecule has 5 nitrogen and oxygen atoms in total. The van der Waals surface area contributed by atoms with Crippen LogP contribution in [-0.4, -0.2) is 31.7 Å². The maximum absolute atomic E-state index is 12.0. The van der Waals surface area contributed by atoms with Crippen LogP contribution in [-0.2, 0) is 11.3 Å². The van der Waals surface area contributed by atoms with Crippen molar-refractivity contribution in [3.8, 4) is 0 Å². The van der Waals surface area contributed by atoms with Gasteiger partial charge in [-0.1, -0.05) is 11.8 Å². The summed E-state index contributed by atoms with van der Waals surface area (Å²) in [4.78, 5) is 20.4. The highest BCUT2D eigenvalue weighted by Crippen LogP contribution is 2.35. The van der Waals surface area contributed by atoms with Crippen molar-refractivity contribution in [1.82, 2.24) is 19.9 Å². The number of thioether (sulfide) groups is 1. The predicted molar refractivity (Wildman–Crippen MR) is 89.1 cm³/mol. The summed E-state index contributed by atoms with van der Waals surface area (Å²) >= 11 is 3.62. The number of carbonyl (C=O) groups excluding carboxylic acids is 1. The summed E-state index contributed by atoms with van der Waals surface area (Å²) < 4.78 is 2.96. The van der Waals surface area contributed by atoms with Gasteiger partial charge in [0.2, 0.25) is 5.91 Å². The van der Waals surface area contributed by atoms with Crippen LogP contribution in [0.3, 0.4) is 0 Å². The lowest BCUT2D eigenvalue weighted by Crippen LogP contribution is -2.39. The van der Waals surface area contributed by atoms with E-state index in [0.717, 1.165) is 31.4 Å². The maximum atomic E-state index is 12.0. The first-order valence-electron chi connectivity index (χ1n) is 7.53. The summed E-state index contributed by atoms with van der Waals surface area (Å²) in [6.45, 7) is 2.39. The molecule has 1 saturated carbocycles. The number of rotatable bonds is 5. The molecular formula is C15H20N4OS2. The molecule has 0 bridgehead atoms. The van der Waals surface area contributed by atoms with Crippen LogP contribution < -0.4 is 5.32 Å². The SMILES string of the molecule is Cc1csc(SC2CCC(NC(=O)Cn3ccnc3)CC2)n1. The fourth-order valence-corrected chi connectivity index (χ4v) is 4.96. The molecule has 0 atom stereocenters. The number of aryl methyl sites for hydroxylation is 1. The Labute approximate surface area is 138 Å². The molecule has 0 unspecified atom stereocenters. The van der Waals surface area contributed by atoms with Crippen LogP contribution in [0.5, 0.6) is 0 Å². The fraction of sp³-hybridized carbons (Fsp3) is 0.533. The molecule has 22 heavy (non-hydrogen) atoms. The van der Waals surface area contributed by atoms with Crippen LogP contribution in [0.4, 0.5) is 0 Å². The van der Waals surface area contributed by atoms with Crippen molar-refractivity contribution in [2.24, 2.45) is 0 Å². The average Bonchev–Trinajstić information content (AvgIpc) is 3.13. The van der Waals surface area contributed by atoms with Gasteiger partial charge in [-0.05, 0) is 32.6 Å². The van der Waals surface area contributed by atoms with Crippen LogP contribution in [0.2, 0.25) is 0 Å². The number of thiazole rings is 1. The smallest absolute Gasteiger partial charge is 0.240 e. The Bertz CT molecular complexity index is 603. The monoisotopic (exact) mass is 336 g/mol. The highest BCUT2D eigenvalue weighted by Gasteiger charge is 2.23. The van der Waals surface area contributed by atoms with Gasteiger partial charge in [-0.15, -0.1) is 11.3 Å². The minimum atomic E-state index is 0.0738. The van der Waals surface area contributed by atoms with E-state index in [1.807, 2.05) is 24.9 Å². The molecule has 3 rings (SSSR count). The van der Waals surface area contributed by atoms with Crippen molar-refractivity contribution in [3.05, 3.63) is 29.8 Å². The second kappa shape index (κ2) is 7.28. The van der Waals surface area contributed by atoms with Gasteiger partial charge >= 0.3 is 0 Å². The summed E-state index contributed by atoms with van der Waals surface area (Å²) in [5.41, 5.74) is 1.10. The van der Waals surface area contributed by atoms with Crippen LogP contribution in [0.25, 0.3) is 0 Å². The number of carbonyl (C=O) groups is 1. The van der Waals surface area contributed by atoms with E-state index in [9.17, 15) is 4.79 Å². The Morgan fingerprint density at radius 1 is 1.45 bits per heavy atom. The van der Waals surface area contributed by atoms with Crippen molar-refractivity contribution < 1.29 is 4.79 Å². The second-order valence-corrected chi connectivity index (χ2v) is 8.05. The average molecular weight is 336 g/mol. The first-order valence-corrected chi connectivity index (χ1v) is 9.29. The minimum Gasteiger partial charge on any atom is -0.352 e. The van der Waals surface area contributed by atoms with E-state index in [0.29, 0.717) is 17.8 Å². The van der Waals surface area contributed by atoms with E-state index in [-0.39, 0.29) is 5.91 Å². The van der Waals surface area contributed by atoms with Crippen molar-refractivity contribution in [3.63, 3.8) is 0 Å². The molecule has 118 valence electrons. The Balaban J connectivity index is 1.40. The molecule has 7 heteroatoms. The summed E-state index contributed by atoms with van der Waals surface area (Å²) in [7, 11) is 0. The molecular weight excluding hydrogens is 316 g/mol. The van der Waals surface area contributed by atoms with Gasteiger partial charge in [0.15, 0.2) is 0 Å². The van der Waals surface area contributed by atoms with Gasteiger partial charge in [0.05, 0.1) is 6.33 Å². The molecule has 1 amide bonds. The molecule has 1 aliphatic carbocycles. The lowest BCUT2D eigenvalue weighted by atomic mass is 9.95. The third kappa shape index (κ3) is 4.33. The third-order valence-corrected chi connectivity index (χ3v) is 6.22. The van der Waals surface area contributed by atoms with E-state index in [2.05, 4.69) is 20.7 Å². The molecule has 2 aromatic rings. The fourth-order valence-electron chi connectivity index (χ4n) is 2.67. The largest absolute Gasteiger partial charge is 0.352 e. The third-order valence-electron chi connectivity index (χ3n) is 3.79. The Morgan fingerprint density at radius 2 is 2.27 bits per heavy atom. The van der Waals surface area contributed by atoms with Crippen molar-refractivity contribution in [2.75, 3.05) is 0 Å². The van der Waals surface area contributed by atoms with E-state index in [4.69, 9.17) is 0 Å². The molecule has 1 N–H and O–H groups in total. The zero-order chi connectivity index (χ0) is 15.4. The molecule has 1 aliphatic rings. The normalized spacial score (nSPS) is 21.7. The summed E-state index contributed by atoms with van der Waals surface area (Å²) in [6, 6.07) is 0.311. The predicted octanol–water partition coefficient (Wildman–Crippen LogP) is 2.87. The Hall–Kier alpha value is -1.34. The second-order valence-electron chi connectivity index (χ2n) is 5.65. The van der Waals surface area contributed by atoms with E-state index < -0.39 is 0 Å². The number of nitrogens with one attached hydrogen (secondary N) is 1. The number of hydrogen-bond donors (Lipinski definition) is 1. The molecule has 0 aliphatic heterocycles. The van der Waals surface area contributed by atoms with Crippen LogP contribution >= 0.6 is 23.1 Å². The van der Waals surface area contributed by atoms with Gasteiger partial charge in [0.1, 0.15) is 10.9 Å². The maximum Gasteiger partial charge on any atom is 0.240 e. The van der Waals surface area contributed by atoms with Gasteiger partial charge in [-0.2, -0.15) is 0 Å². The van der Waals surface area contributed by atoms with E-state index in [1.165, 1.54) is 4.34 Å². The highest BCUT2D eigenvalue weighted by molar-refractivity contribution is 8.01. The van der Waals surface area contributed by atoms with Gasteiger partial charge in [-0.25, -0.2) is 9.97 Å². The minimum absolute atomic E-state index is 0.0738. The van der Waals surface area contributed by atoms with Crippen LogP contribution in [0.1, 0.15) is 31.4 Å². The lowest BCUT2D eigenvalue weighted by Gasteiger charge is -2.28. The molecule has 0 radical (unpaired) electrons. The zero-order valence-electron chi connectivity index (χ0n) is 12.6. The van der Waals surface area contributed by atoms with Crippen molar-refractivity contribution in [1.29, 1.82) is 0 Å². The molecule has 0 saturated heterocycles. The number of amides is 1. The first kappa shape index (κ1) is 15.6. The molecule has 2 heterocycles. The zero-order valence-corrected chi connectivity index (χ0v) is 14.2. The highest BCUT2D eigenvalue weighted by atomic mass is 32.2. The van der Waals surface area contributed by atoms with Crippen LogP contribution in [0, 0.1) is 6.92 Å². The summed E-state index contributed by atoms with van der Waals surface area (Å²) in [5.74, 6) is 0.0738. The summed E-state index contributed by atoms with van der Waals surface area (Å²) in [5, 5.41) is 5.87. The number of aromatic nitrogens is 3. The lowest BCUT2D eigenvalue weighted by molar-refractivity contribution is -0.122. The molecule has 2 aromatic heterocycles. The molecule has 1 fully saturated rings. The summed E-state index contributed by atoms with van der Waals surface area (Å²) in [6.07, 6.45) is 9.55. The number of nitrogens with zero attached hydrogens (tertiary/aromatic N) is 3. The standard InChI is InChI=1S/C15H20N4OS2/c1-11-9-21-15(17-11)22-13-4-2-12(3-5-13)18-14(20)8-19-7-6-16-10-19/h6-7,9-10,12-13H,2-5,8H2,1H3,(H,18,20). The quantitative estimate of drug-likeness (QED) is 0.912. The molecule has 0 aromatic carbocycles. The van der Waals surface area contributed by atoms with Gasteiger partial charge in [0.25, 0.3) is 0 Å². The Kier molecular flexibility index (Phi) is 5.15. The van der Waals surface area contributed by atoms with Gasteiger partial charge in [0, 0.05) is 34.8 Å². The topological polar surface area (TPSA) is 59.8 Å².